The standard InChI is InChI=1S/C27H32O5/c1-27(2)12-5-13-30-26(27)22-7-4-6-21-20(22)10-11-23(21)32-18-8-9-19-17(14-25(28)29-3)16-31-24(19)15-18/h4,6-9,15,17,23,26H,5,10-14,16H2,1-3H3/t17-,23+,26+/m1/s1. The van der Waals surface area contributed by atoms with Crippen molar-refractivity contribution in [2.24, 2.45) is 5.41 Å². The van der Waals surface area contributed by atoms with Crippen LogP contribution in [0.3, 0.4) is 0 Å². The largest absolute Gasteiger partial charge is 0.492 e. The maximum absolute atomic E-state index is 11.7. The molecule has 0 unspecified atom stereocenters. The first-order valence-electron chi connectivity index (χ1n) is 11.7. The van der Waals surface area contributed by atoms with Crippen molar-refractivity contribution in [3.63, 3.8) is 0 Å². The van der Waals surface area contributed by atoms with Gasteiger partial charge in [-0.25, -0.2) is 0 Å². The summed E-state index contributed by atoms with van der Waals surface area (Å²) in [5, 5.41) is 0. The minimum atomic E-state index is -0.213. The number of benzene rings is 2. The number of carbonyl (C=O) groups excluding carboxylic acids is 1. The minimum Gasteiger partial charge on any atom is -0.492 e. The van der Waals surface area contributed by atoms with Gasteiger partial charge in [-0.3, -0.25) is 4.79 Å². The molecule has 0 spiro atoms. The molecule has 170 valence electrons. The fourth-order valence-electron chi connectivity index (χ4n) is 5.56. The maximum atomic E-state index is 11.7. The highest BCUT2D eigenvalue weighted by molar-refractivity contribution is 5.71. The van der Waals surface area contributed by atoms with Gasteiger partial charge in [0.05, 0.1) is 26.2 Å². The number of hydrogen-bond donors (Lipinski definition) is 0. The Balaban J connectivity index is 1.35. The van der Waals surface area contributed by atoms with Crippen LogP contribution in [0.4, 0.5) is 0 Å². The van der Waals surface area contributed by atoms with E-state index in [2.05, 4.69) is 32.0 Å². The van der Waals surface area contributed by atoms with Crippen LogP contribution < -0.4 is 9.47 Å². The summed E-state index contributed by atoms with van der Waals surface area (Å²) in [6, 6.07) is 12.6. The molecule has 0 aromatic heterocycles. The Morgan fingerprint density at radius 1 is 1.16 bits per heavy atom. The van der Waals surface area contributed by atoms with Gasteiger partial charge in [-0.05, 0) is 53.9 Å². The van der Waals surface area contributed by atoms with Crippen molar-refractivity contribution < 1.29 is 23.7 Å². The lowest BCUT2D eigenvalue weighted by atomic mass is 9.76. The summed E-state index contributed by atoms with van der Waals surface area (Å²) in [5.41, 5.74) is 5.20. The molecule has 1 fully saturated rings. The molecule has 0 bridgehead atoms. The number of esters is 1. The second-order valence-corrected chi connectivity index (χ2v) is 9.89. The van der Waals surface area contributed by atoms with Gasteiger partial charge in [0.2, 0.25) is 0 Å². The molecule has 3 atom stereocenters. The zero-order valence-electron chi connectivity index (χ0n) is 19.2. The van der Waals surface area contributed by atoms with E-state index in [0.717, 1.165) is 42.9 Å². The summed E-state index contributed by atoms with van der Waals surface area (Å²) in [6.45, 7) is 5.97. The lowest BCUT2D eigenvalue weighted by Crippen LogP contribution is -2.30. The molecule has 32 heavy (non-hydrogen) atoms. The number of methoxy groups -OCH3 is 1. The zero-order valence-corrected chi connectivity index (χ0v) is 19.2. The topological polar surface area (TPSA) is 54.0 Å². The van der Waals surface area contributed by atoms with Crippen LogP contribution in [-0.2, 0) is 20.7 Å². The van der Waals surface area contributed by atoms with E-state index in [1.165, 1.54) is 30.2 Å². The van der Waals surface area contributed by atoms with Crippen LogP contribution in [0.2, 0.25) is 0 Å². The van der Waals surface area contributed by atoms with Crippen molar-refractivity contribution in [1.29, 1.82) is 0 Å². The van der Waals surface area contributed by atoms with Crippen LogP contribution in [0.1, 0.15) is 79.9 Å². The molecule has 0 saturated carbocycles. The second kappa shape index (κ2) is 8.43. The number of fused-ring (bicyclic) bond motifs is 2. The van der Waals surface area contributed by atoms with Gasteiger partial charge < -0.3 is 18.9 Å². The Labute approximate surface area is 190 Å². The Hall–Kier alpha value is -2.53. The SMILES string of the molecule is COC(=O)C[C@@H]1COc2cc(O[C@H]3CCc4c3cccc4[C@@H]3OCCCC3(C)C)ccc21. The van der Waals surface area contributed by atoms with Gasteiger partial charge in [-0.15, -0.1) is 0 Å². The van der Waals surface area contributed by atoms with Crippen LogP contribution >= 0.6 is 0 Å². The van der Waals surface area contributed by atoms with E-state index in [-0.39, 0.29) is 29.5 Å². The van der Waals surface area contributed by atoms with Crippen molar-refractivity contribution in [2.75, 3.05) is 20.3 Å². The van der Waals surface area contributed by atoms with Crippen LogP contribution in [0, 0.1) is 5.41 Å². The molecule has 5 rings (SSSR count). The molecule has 5 nitrogen and oxygen atoms in total. The number of hydrogen-bond acceptors (Lipinski definition) is 5. The first-order valence-corrected chi connectivity index (χ1v) is 11.7. The highest BCUT2D eigenvalue weighted by Gasteiger charge is 2.38. The van der Waals surface area contributed by atoms with E-state index in [1.54, 1.807) is 0 Å². The summed E-state index contributed by atoms with van der Waals surface area (Å²) < 4.78 is 23.4. The molecule has 0 amide bonds. The molecule has 0 radical (unpaired) electrons. The highest BCUT2D eigenvalue weighted by atomic mass is 16.5. The Kier molecular flexibility index (Phi) is 5.62. The van der Waals surface area contributed by atoms with Gasteiger partial charge in [-0.2, -0.15) is 0 Å². The van der Waals surface area contributed by atoms with Crippen molar-refractivity contribution in [2.45, 2.75) is 64.1 Å². The Morgan fingerprint density at radius 2 is 2.00 bits per heavy atom. The number of rotatable bonds is 5. The van der Waals surface area contributed by atoms with Crippen molar-refractivity contribution in [3.8, 4) is 11.5 Å². The molecule has 0 N–H and O–H groups in total. The average molecular weight is 437 g/mol. The van der Waals surface area contributed by atoms with E-state index < -0.39 is 0 Å². The number of ether oxygens (including phenoxy) is 4. The summed E-state index contributed by atoms with van der Waals surface area (Å²) >= 11 is 0. The first kappa shape index (κ1) is 21.3. The van der Waals surface area contributed by atoms with Gasteiger partial charge >= 0.3 is 5.97 Å². The first-order chi connectivity index (χ1) is 15.5. The lowest BCUT2D eigenvalue weighted by molar-refractivity contribution is -0.141. The third kappa shape index (κ3) is 3.88. The summed E-state index contributed by atoms with van der Waals surface area (Å²) in [5.74, 6) is 1.44. The molecule has 3 aliphatic rings. The molecule has 2 aromatic carbocycles. The van der Waals surface area contributed by atoms with Crippen molar-refractivity contribution in [3.05, 3.63) is 58.7 Å². The van der Waals surface area contributed by atoms with E-state index in [4.69, 9.17) is 18.9 Å². The minimum absolute atomic E-state index is 0.0296. The summed E-state index contributed by atoms with van der Waals surface area (Å²) in [7, 11) is 1.42. The third-order valence-corrected chi connectivity index (χ3v) is 7.28. The van der Waals surface area contributed by atoms with Crippen LogP contribution in [0.15, 0.2) is 36.4 Å². The monoisotopic (exact) mass is 436 g/mol. The maximum Gasteiger partial charge on any atom is 0.306 e. The second-order valence-electron chi connectivity index (χ2n) is 9.89. The van der Waals surface area contributed by atoms with Gasteiger partial charge in [0.25, 0.3) is 0 Å². The Morgan fingerprint density at radius 3 is 2.81 bits per heavy atom. The highest BCUT2D eigenvalue weighted by Crippen LogP contribution is 2.48. The van der Waals surface area contributed by atoms with Gasteiger partial charge in [-0.1, -0.05) is 38.1 Å². The van der Waals surface area contributed by atoms with Gasteiger partial charge in [0, 0.05) is 24.2 Å². The third-order valence-electron chi connectivity index (χ3n) is 7.28. The smallest absolute Gasteiger partial charge is 0.306 e. The fourth-order valence-corrected chi connectivity index (χ4v) is 5.56. The molecule has 1 saturated heterocycles. The van der Waals surface area contributed by atoms with Crippen LogP contribution in [0.25, 0.3) is 0 Å². The normalized spacial score (nSPS) is 25.5. The zero-order chi connectivity index (χ0) is 22.3. The molecule has 1 aliphatic carbocycles. The molecule has 2 aromatic rings. The quantitative estimate of drug-likeness (QED) is 0.565. The predicted molar refractivity (Wildman–Crippen MR) is 121 cm³/mol. The van der Waals surface area contributed by atoms with E-state index >= 15 is 0 Å². The molecular formula is C27H32O5. The summed E-state index contributed by atoms with van der Waals surface area (Å²) in [6.07, 6.45) is 4.80. The molecular weight excluding hydrogens is 404 g/mol. The van der Waals surface area contributed by atoms with Crippen LogP contribution in [0.5, 0.6) is 11.5 Å². The van der Waals surface area contributed by atoms with Gasteiger partial charge in [0.1, 0.15) is 17.6 Å². The van der Waals surface area contributed by atoms with E-state index in [9.17, 15) is 4.79 Å². The Bertz CT molecular complexity index is 1010. The summed E-state index contributed by atoms with van der Waals surface area (Å²) in [4.78, 5) is 11.7. The molecule has 2 aliphatic heterocycles. The lowest BCUT2D eigenvalue weighted by Gasteiger charge is -2.39. The number of carbonyl (C=O) groups is 1. The van der Waals surface area contributed by atoms with Crippen molar-refractivity contribution >= 4 is 5.97 Å². The van der Waals surface area contributed by atoms with E-state index in [0.29, 0.717) is 13.0 Å². The molecule has 5 heteroatoms. The fraction of sp³-hybridized carbons (Fsp3) is 0.519. The van der Waals surface area contributed by atoms with Crippen LogP contribution in [-0.4, -0.2) is 26.3 Å². The average Bonchev–Trinajstić information content (AvgIpc) is 3.37. The molecule has 2 heterocycles. The van der Waals surface area contributed by atoms with E-state index in [1.807, 2.05) is 18.2 Å². The van der Waals surface area contributed by atoms with Gasteiger partial charge in [0.15, 0.2) is 0 Å². The van der Waals surface area contributed by atoms with Crippen molar-refractivity contribution in [1.82, 2.24) is 0 Å². The predicted octanol–water partition coefficient (Wildman–Crippen LogP) is 5.67.